The van der Waals surface area contributed by atoms with Gasteiger partial charge >= 0.3 is 12.1 Å². The van der Waals surface area contributed by atoms with E-state index in [1.54, 1.807) is 0 Å². The maximum Gasteiger partial charge on any atom is 0.417 e. The van der Waals surface area contributed by atoms with E-state index in [1.807, 2.05) is 9.80 Å². The minimum atomic E-state index is -4.62. The van der Waals surface area contributed by atoms with Crippen molar-refractivity contribution in [1.82, 2.24) is 24.8 Å². The van der Waals surface area contributed by atoms with Crippen molar-refractivity contribution in [2.24, 2.45) is 0 Å². The molecule has 0 saturated carbocycles. The summed E-state index contributed by atoms with van der Waals surface area (Å²) in [5, 5.41) is 11.5. The molecule has 0 spiro atoms. The fourth-order valence-electron chi connectivity index (χ4n) is 5.13. The molecule has 2 N–H and O–H groups in total. The number of thiazole rings is 1. The van der Waals surface area contributed by atoms with Crippen LogP contribution in [-0.4, -0.2) is 87.0 Å². The predicted molar refractivity (Wildman–Crippen MR) is 153 cm³/mol. The second kappa shape index (κ2) is 12.5. The maximum absolute atomic E-state index is 13.6. The lowest BCUT2D eigenvalue weighted by molar-refractivity contribution is -0.138. The standard InChI is InChI=1S/C27H29ClF3N7O3S/c1-16-3-2-6-38(16)14-21-24(17-4-5-19(28)18(11-17)27(29,30)31)34-26(42-21)35-25(41)20-12-33-22(13-32-20)37-9-7-36(8-10-37)15-23(39)40/h4-5,11-13,16H,2-3,6-10,14-15H2,1H3,(H,39,40)(H,34,35,41). The Bertz CT molecular complexity index is 1450. The molecule has 2 aromatic heterocycles. The molecule has 224 valence electrons. The fraction of sp³-hybridized carbons (Fsp3) is 0.444. The number of amides is 1. The van der Waals surface area contributed by atoms with Crippen LogP contribution in [0.5, 0.6) is 0 Å². The summed E-state index contributed by atoms with van der Waals surface area (Å²) < 4.78 is 40.8. The van der Waals surface area contributed by atoms with Gasteiger partial charge in [-0.15, -0.1) is 0 Å². The summed E-state index contributed by atoms with van der Waals surface area (Å²) in [4.78, 5) is 43.9. The zero-order valence-electron chi connectivity index (χ0n) is 22.7. The molecule has 0 bridgehead atoms. The molecule has 1 atom stereocenters. The molecule has 1 unspecified atom stereocenters. The van der Waals surface area contributed by atoms with E-state index in [2.05, 4.69) is 32.1 Å². The van der Waals surface area contributed by atoms with Crippen molar-refractivity contribution in [1.29, 1.82) is 0 Å². The number of hydrogen-bond donors (Lipinski definition) is 2. The quantitative estimate of drug-likeness (QED) is 0.368. The smallest absolute Gasteiger partial charge is 0.417 e. The molecule has 15 heteroatoms. The average Bonchev–Trinajstić information content (AvgIpc) is 3.54. The number of piperazine rings is 1. The Balaban J connectivity index is 1.33. The summed E-state index contributed by atoms with van der Waals surface area (Å²) in [7, 11) is 0. The van der Waals surface area contributed by atoms with Crippen molar-refractivity contribution >= 4 is 45.8 Å². The number of aromatic nitrogens is 3. The number of halogens is 4. The van der Waals surface area contributed by atoms with Gasteiger partial charge in [0.25, 0.3) is 5.91 Å². The summed E-state index contributed by atoms with van der Waals surface area (Å²) in [6, 6.07) is 4.03. The van der Waals surface area contributed by atoms with Gasteiger partial charge in [0.15, 0.2) is 5.13 Å². The largest absolute Gasteiger partial charge is 0.480 e. The Kier molecular flexibility index (Phi) is 8.97. The van der Waals surface area contributed by atoms with Crippen molar-refractivity contribution in [2.45, 2.75) is 38.5 Å². The summed E-state index contributed by atoms with van der Waals surface area (Å²) in [5.41, 5.74) is -0.266. The highest BCUT2D eigenvalue weighted by Gasteiger charge is 2.34. The molecule has 0 radical (unpaired) electrons. The van der Waals surface area contributed by atoms with Crippen LogP contribution in [0, 0.1) is 0 Å². The fourth-order valence-corrected chi connectivity index (χ4v) is 6.36. The van der Waals surface area contributed by atoms with Crippen molar-refractivity contribution in [3.63, 3.8) is 0 Å². The van der Waals surface area contributed by atoms with Gasteiger partial charge < -0.3 is 10.0 Å². The van der Waals surface area contributed by atoms with Crippen molar-refractivity contribution < 1.29 is 27.9 Å². The molecular formula is C27H29ClF3N7O3S. The first-order chi connectivity index (χ1) is 20.0. The second-order valence-electron chi connectivity index (χ2n) is 10.3. The van der Waals surface area contributed by atoms with Gasteiger partial charge in [-0.1, -0.05) is 29.0 Å². The van der Waals surface area contributed by atoms with Gasteiger partial charge in [0, 0.05) is 49.2 Å². The number of anilines is 2. The van der Waals surface area contributed by atoms with E-state index in [1.165, 1.54) is 35.9 Å². The van der Waals surface area contributed by atoms with Crippen LogP contribution in [0.15, 0.2) is 30.6 Å². The number of likely N-dealkylation sites (tertiary alicyclic amines) is 1. The highest BCUT2D eigenvalue weighted by atomic mass is 35.5. The Morgan fingerprint density at radius 1 is 1.14 bits per heavy atom. The van der Waals surface area contributed by atoms with Crippen LogP contribution in [0.4, 0.5) is 24.1 Å². The van der Waals surface area contributed by atoms with E-state index in [-0.39, 0.29) is 22.9 Å². The number of hydrogen-bond acceptors (Lipinski definition) is 9. The van der Waals surface area contributed by atoms with Crippen molar-refractivity contribution in [3.05, 3.63) is 51.7 Å². The first-order valence-electron chi connectivity index (χ1n) is 13.4. The molecule has 4 heterocycles. The van der Waals surface area contributed by atoms with Crippen molar-refractivity contribution in [3.8, 4) is 11.3 Å². The van der Waals surface area contributed by atoms with Crippen LogP contribution in [0.2, 0.25) is 5.02 Å². The van der Waals surface area contributed by atoms with Crippen molar-refractivity contribution in [2.75, 3.05) is 49.5 Å². The Hall–Kier alpha value is -3.33. The van der Waals surface area contributed by atoms with Crippen LogP contribution in [0.25, 0.3) is 11.3 Å². The molecule has 5 rings (SSSR count). The van der Waals surface area contributed by atoms with Gasteiger partial charge in [0.2, 0.25) is 0 Å². The molecule has 2 fully saturated rings. The predicted octanol–water partition coefficient (Wildman–Crippen LogP) is 4.72. The number of benzene rings is 1. The lowest BCUT2D eigenvalue weighted by atomic mass is 10.1. The van der Waals surface area contributed by atoms with Crippen LogP contribution >= 0.6 is 22.9 Å². The normalized spacial score (nSPS) is 18.4. The van der Waals surface area contributed by atoms with Crippen LogP contribution in [0.3, 0.4) is 0 Å². The number of nitrogens with zero attached hydrogens (tertiary/aromatic N) is 6. The number of aliphatic carboxylic acids is 1. The number of alkyl halides is 3. The lowest BCUT2D eigenvalue weighted by Crippen LogP contribution is -2.48. The minimum absolute atomic E-state index is 0.0165. The molecule has 42 heavy (non-hydrogen) atoms. The minimum Gasteiger partial charge on any atom is -0.480 e. The second-order valence-corrected chi connectivity index (χ2v) is 11.8. The third-order valence-corrected chi connectivity index (χ3v) is 8.71. The number of carbonyl (C=O) groups is 2. The van der Waals surface area contributed by atoms with Gasteiger partial charge in [0.1, 0.15) is 11.5 Å². The Morgan fingerprint density at radius 2 is 1.90 bits per heavy atom. The van der Waals surface area contributed by atoms with E-state index < -0.39 is 28.6 Å². The molecule has 3 aromatic rings. The molecule has 2 aliphatic heterocycles. The van der Waals surface area contributed by atoms with Gasteiger partial charge in [-0.3, -0.25) is 24.7 Å². The third-order valence-electron chi connectivity index (χ3n) is 7.43. The topological polar surface area (TPSA) is 115 Å². The molecular weight excluding hydrogens is 595 g/mol. The van der Waals surface area contributed by atoms with E-state index in [0.717, 1.165) is 30.3 Å². The van der Waals surface area contributed by atoms with Gasteiger partial charge in [-0.05, 0) is 38.4 Å². The maximum atomic E-state index is 13.6. The Morgan fingerprint density at radius 3 is 2.52 bits per heavy atom. The Labute approximate surface area is 249 Å². The highest BCUT2D eigenvalue weighted by Crippen LogP contribution is 2.40. The monoisotopic (exact) mass is 623 g/mol. The van der Waals surface area contributed by atoms with Gasteiger partial charge in [-0.2, -0.15) is 13.2 Å². The molecule has 0 aliphatic carbocycles. The number of carboxylic acids is 1. The van der Waals surface area contributed by atoms with Gasteiger partial charge in [0.05, 0.1) is 35.2 Å². The lowest BCUT2D eigenvalue weighted by Gasteiger charge is -2.34. The summed E-state index contributed by atoms with van der Waals surface area (Å²) in [6.45, 7) is 5.74. The summed E-state index contributed by atoms with van der Waals surface area (Å²) in [5.74, 6) is -0.847. The molecule has 2 saturated heterocycles. The van der Waals surface area contributed by atoms with E-state index in [0.29, 0.717) is 50.3 Å². The van der Waals surface area contributed by atoms with E-state index in [9.17, 15) is 22.8 Å². The first kappa shape index (κ1) is 30.1. The van der Waals surface area contributed by atoms with E-state index in [4.69, 9.17) is 16.7 Å². The number of carboxylic acid groups (broad SMARTS) is 1. The summed E-state index contributed by atoms with van der Waals surface area (Å²) >= 11 is 7.06. The zero-order chi connectivity index (χ0) is 30.0. The number of rotatable bonds is 8. The molecule has 1 amide bonds. The summed E-state index contributed by atoms with van der Waals surface area (Å²) in [6.07, 6.45) is 0.279. The average molecular weight is 624 g/mol. The number of nitrogens with one attached hydrogen (secondary N) is 1. The third kappa shape index (κ3) is 7.00. The van der Waals surface area contributed by atoms with Crippen LogP contribution in [0.1, 0.15) is 40.7 Å². The van der Waals surface area contributed by atoms with Crippen LogP contribution < -0.4 is 10.2 Å². The first-order valence-corrected chi connectivity index (χ1v) is 14.6. The van der Waals surface area contributed by atoms with Crippen LogP contribution in [-0.2, 0) is 17.5 Å². The SMILES string of the molecule is CC1CCCN1Cc1sc(NC(=O)c2cnc(N3CCN(CC(=O)O)CC3)cn2)nc1-c1ccc(Cl)c(C(F)(F)F)c1. The molecule has 2 aliphatic rings. The number of carbonyl (C=O) groups excluding carboxylic acids is 1. The molecule has 10 nitrogen and oxygen atoms in total. The van der Waals surface area contributed by atoms with Gasteiger partial charge in [-0.25, -0.2) is 15.0 Å². The molecule has 1 aromatic carbocycles. The highest BCUT2D eigenvalue weighted by molar-refractivity contribution is 7.16. The van der Waals surface area contributed by atoms with E-state index >= 15 is 0 Å². The zero-order valence-corrected chi connectivity index (χ0v) is 24.3.